The molecule has 0 bridgehead atoms. The number of carbonyl (C=O) groups is 3. The van der Waals surface area contributed by atoms with Gasteiger partial charge in [0.05, 0.1) is 5.92 Å². The molecule has 0 saturated carbocycles. The fourth-order valence-electron chi connectivity index (χ4n) is 4.07. The fraction of sp³-hybridized carbons (Fsp3) is 0.423. The number of amides is 2. The molecular weight excluding hydrogens is 420 g/mol. The Bertz CT molecular complexity index is 982. The fourth-order valence-corrected chi connectivity index (χ4v) is 4.07. The molecule has 3 N–H and O–H groups in total. The Hall–Kier alpha value is -3.35. The maximum Gasteiger partial charge on any atom is 0.407 e. The summed E-state index contributed by atoms with van der Waals surface area (Å²) in [6.07, 6.45) is -0.353. The summed E-state index contributed by atoms with van der Waals surface area (Å²) in [5, 5.41) is 14.4. The lowest BCUT2D eigenvalue weighted by Gasteiger charge is -2.30. The molecule has 2 aromatic carbocycles. The summed E-state index contributed by atoms with van der Waals surface area (Å²) < 4.78 is 5.58. The third-order valence-electron chi connectivity index (χ3n) is 6.03. The van der Waals surface area contributed by atoms with E-state index < -0.39 is 29.4 Å². The molecule has 0 radical (unpaired) electrons. The van der Waals surface area contributed by atoms with Crippen molar-refractivity contribution < 1.29 is 24.2 Å². The topological polar surface area (TPSA) is 105 Å². The number of ether oxygens (including phenoxy) is 1. The molecule has 176 valence electrons. The Morgan fingerprint density at radius 1 is 1.00 bits per heavy atom. The third kappa shape index (κ3) is 5.72. The number of carbonyl (C=O) groups excluding carboxylic acids is 2. The molecule has 2 amide bonds. The smallest absolute Gasteiger partial charge is 0.407 e. The average molecular weight is 453 g/mol. The highest BCUT2D eigenvalue weighted by Crippen LogP contribution is 2.44. The average Bonchev–Trinajstić information content (AvgIpc) is 3.08. The van der Waals surface area contributed by atoms with E-state index in [0.29, 0.717) is 6.42 Å². The maximum atomic E-state index is 12.7. The predicted octanol–water partition coefficient (Wildman–Crippen LogP) is 4.17. The van der Waals surface area contributed by atoms with Gasteiger partial charge in [-0.05, 0) is 34.1 Å². The van der Waals surface area contributed by atoms with Crippen LogP contribution in [0, 0.1) is 11.3 Å². The zero-order chi connectivity index (χ0) is 24.2. The van der Waals surface area contributed by atoms with Gasteiger partial charge in [-0.2, -0.15) is 0 Å². The first-order chi connectivity index (χ1) is 15.6. The van der Waals surface area contributed by atoms with Crippen LogP contribution in [0.5, 0.6) is 0 Å². The van der Waals surface area contributed by atoms with Crippen LogP contribution in [0.15, 0.2) is 48.5 Å². The summed E-state index contributed by atoms with van der Waals surface area (Å²) in [7, 11) is 0. The first-order valence-electron chi connectivity index (χ1n) is 11.2. The van der Waals surface area contributed by atoms with Crippen LogP contribution in [0.25, 0.3) is 11.1 Å². The molecule has 2 atom stereocenters. The van der Waals surface area contributed by atoms with Gasteiger partial charge >= 0.3 is 12.1 Å². The second-order valence-electron chi connectivity index (χ2n) is 9.59. The Kier molecular flexibility index (Phi) is 7.41. The van der Waals surface area contributed by atoms with E-state index in [1.165, 1.54) is 0 Å². The highest BCUT2D eigenvalue weighted by molar-refractivity contribution is 5.86. The molecule has 7 heteroatoms. The third-order valence-corrected chi connectivity index (χ3v) is 6.03. The lowest BCUT2D eigenvalue weighted by molar-refractivity contribution is -0.141. The van der Waals surface area contributed by atoms with E-state index in [0.717, 1.165) is 22.3 Å². The summed E-state index contributed by atoms with van der Waals surface area (Å²) in [5.74, 6) is -1.90. The summed E-state index contributed by atoms with van der Waals surface area (Å²) in [5.41, 5.74) is 3.95. The van der Waals surface area contributed by atoms with Crippen LogP contribution in [0.3, 0.4) is 0 Å². The van der Waals surface area contributed by atoms with Crippen molar-refractivity contribution in [3.63, 3.8) is 0 Å². The molecule has 0 saturated heterocycles. The van der Waals surface area contributed by atoms with Crippen molar-refractivity contribution in [1.82, 2.24) is 10.6 Å². The maximum absolute atomic E-state index is 12.7. The number of hydrogen-bond donors (Lipinski definition) is 3. The van der Waals surface area contributed by atoms with Crippen molar-refractivity contribution in [3.05, 3.63) is 59.7 Å². The van der Waals surface area contributed by atoms with Gasteiger partial charge in [-0.25, -0.2) is 4.79 Å². The molecule has 2 aromatic rings. The van der Waals surface area contributed by atoms with Gasteiger partial charge in [0.15, 0.2) is 0 Å². The predicted molar refractivity (Wildman–Crippen MR) is 126 cm³/mol. The number of rotatable bonds is 8. The van der Waals surface area contributed by atoms with Gasteiger partial charge in [-0.1, -0.05) is 76.2 Å². The summed E-state index contributed by atoms with van der Waals surface area (Å²) in [4.78, 5) is 36.4. The molecule has 3 rings (SSSR count). The Balaban J connectivity index is 1.62. The molecule has 0 aliphatic heterocycles. The van der Waals surface area contributed by atoms with E-state index in [4.69, 9.17) is 9.84 Å². The van der Waals surface area contributed by atoms with Crippen molar-refractivity contribution in [1.29, 1.82) is 0 Å². The van der Waals surface area contributed by atoms with Crippen molar-refractivity contribution >= 4 is 18.0 Å². The van der Waals surface area contributed by atoms with Gasteiger partial charge < -0.3 is 20.5 Å². The molecule has 2 unspecified atom stereocenters. The van der Waals surface area contributed by atoms with Crippen LogP contribution < -0.4 is 10.6 Å². The van der Waals surface area contributed by atoms with Gasteiger partial charge in [-0.15, -0.1) is 0 Å². The number of carboxylic acids is 1. The number of fused-ring (bicyclic) bond motifs is 3. The zero-order valence-electron chi connectivity index (χ0n) is 19.6. The van der Waals surface area contributed by atoms with E-state index in [9.17, 15) is 14.4 Å². The van der Waals surface area contributed by atoms with Crippen molar-refractivity contribution in [2.45, 2.75) is 46.1 Å². The molecule has 33 heavy (non-hydrogen) atoms. The molecule has 0 fully saturated rings. The number of carboxylic acid groups (broad SMARTS) is 1. The highest BCUT2D eigenvalue weighted by atomic mass is 16.5. The molecule has 1 aliphatic rings. The van der Waals surface area contributed by atoms with E-state index in [1.807, 2.05) is 57.2 Å². The highest BCUT2D eigenvalue weighted by Gasteiger charge is 2.34. The van der Waals surface area contributed by atoms with Crippen molar-refractivity contribution in [2.24, 2.45) is 11.3 Å². The Labute approximate surface area is 194 Å². The van der Waals surface area contributed by atoms with Gasteiger partial charge in [0, 0.05) is 12.5 Å². The van der Waals surface area contributed by atoms with E-state index in [-0.39, 0.29) is 25.0 Å². The van der Waals surface area contributed by atoms with Gasteiger partial charge in [0.1, 0.15) is 12.6 Å². The standard InChI is InChI=1S/C26H32N2O5/c1-16(24(30)31)13-14-27-23(29)22(26(2,3)4)28-25(32)33-15-21-19-11-7-5-9-17(19)18-10-6-8-12-20(18)21/h5-12,16,21-22H,13-15H2,1-4H3,(H,27,29)(H,28,32)(H,30,31). The van der Waals surface area contributed by atoms with Crippen molar-refractivity contribution in [2.75, 3.05) is 13.2 Å². The van der Waals surface area contributed by atoms with Crippen LogP contribution >= 0.6 is 0 Å². The molecule has 0 heterocycles. The molecule has 0 spiro atoms. The first-order valence-corrected chi connectivity index (χ1v) is 11.2. The van der Waals surface area contributed by atoms with Crippen LogP contribution in [-0.2, 0) is 14.3 Å². The Morgan fingerprint density at radius 2 is 1.55 bits per heavy atom. The van der Waals surface area contributed by atoms with Gasteiger partial charge in [0.2, 0.25) is 5.91 Å². The molecule has 1 aliphatic carbocycles. The van der Waals surface area contributed by atoms with Gasteiger partial charge in [0.25, 0.3) is 0 Å². The van der Waals surface area contributed by atoms with Crippen LogP contribution in [0.1, 0.15) is 51.2 Å². The molecular formula is C26H32N2O5. The number of hydrogen-bond acceptors (Lipinski definition) is 4. The Morgan fingerprint density at radius 3 is 2.06 bits per heavy atom. The number of nitrogens with one attached hydrogen (secondary N) is 2. The van der Waals surface area contributed by atoms with Crippen molar-refractivity contribution in [3.8, 4) is 11.1 Å². The van der Waals surface area contributed by atoms with Crippen LogP contribution in [0.4, 0.5) is 4.79 Å². The summed E-state index contributed by atoms with van der Waals surface area (Å²) in [6.45, 7) is 7.51. The largest absolute Gasteiger partial charge is 0.481 e. The minimum Gasteiger partial charge on any atom is -0.481 e. The first kappa shape index (κ1) is 24.3. The normalized spacial score (nSPS) is 14.5. The lowest BCUT2D eigenvalue weighted by Crippen LogP contribution is -2.54. The van der Waals surface area contributed by atoms with E-state index in [2.05, 4.69) is 22.8 Å². The second kappa shape index (κ2) is 10.1. The van der Waals surface area contributed by atoms with Crippen LogP contribution in [-0.4, -0.2) is 42.3 Å². The van der Waals surface area contributed by atoms with E-state index in [1.54, 1.807) is 6.92 Å². The lowest BCUT2D eigenvalue weighted by atomic mass is 9.86. The summed E-state index contributed by atoms with van der Waals surface area (Å²) >= 11 is 0. The number of benzene rings is 2. The SMILES string of the molecule is CC(CCNC(=O)C(NC(=O)OCC1c2ccccc2-c2ccccc21)C(C)(C)C)C(=O)O. The second-order valence-corrected chi connectivity index (χ2v) is 9.59. The molecule has 0 aromatic heterocycles. The zero-order valence-corrected chi connectivity index (χ0v) is 19.6. The van der Waals surface area contributed by atoms with Crippen LogP contribution in [0.2, 0.25) is 0 Å². The number of alkyl carbamates (subject to hydrolysis) is 1. The minimum atomic E-state index is -0.909. The summed E-state index contributed by atoms with van der Waals surface area (Å²) in [6, 6.07) is 15.3. The van der Waals surface area contributed by atoms with E-state index >= 15 is 0 Å². The minimum absolute atomic E-state index is 0.0671. The van der Waals surface area contributed by atoms with Gasteiger partial charge in [-0.3, -0.25) is 9.59 Å². The molecule has 7 nitrogen and oxygen atoms in total. The quantitative estimate of drug-likeness (QED) is 0.558. The monoisotopic (exact) mass is 452 g/mol. The number of aliphatic carboxylic acids is 1.